The Balaban J connectivity index is 2.91. The Labute approximate surface area is 188 Å². The lowest BCUT2D eigenvalue weighted by atomic mass is 10.1. The number of benzene rings is 1. The summed E-state index contributed by atoms with van der Waals surface area (Å²) < 4.78 is 10.5. The van der Waals surface area contributed by atoms with Gasteiger partial charge in [-0.25, -0.2) is 9.59 Å². The Morgan fingerprint density at radius 1 is 1.00 bits per heavy atom. The molecule has 0 aliphatic heterocycles. The number of alkyl carbamates (subject to hydrolysis) is 1. The summed E-state index contributed by atoms with van der Waals surface area (Å²) >= 11 is 0. The van der Waals surface area contributed by atoms with Crippen LogP contribution in [0, 0.1) is 0 Å². The number of esters is 1. The molecule has 178 valence electrons. The Bertz CT molecular complexity index is 851. The molecule has 2 amide bonds. The van der Waals surface area contributed by atoms with Crippen LogP contribution in [-0.4, -0.2) is 46.1 Å². The Kier molecular flexibility index (Phi) is 9.38. The van der Waals surface area contributed by atoms with Crippen LogP contribution < -0.4 is 10.6 Å². The number of nitrogens with one attached hydrogen (secondary N) is 2. The van der Waals surface area contributed by atoms with E-state index in [9.17, 15) is 24.3 Å². The summed E-state index contributed by atoms with van der Waals surface area (Å²) in [6.07, 6.45) is -0.971. The molecule has 0 aliphatic rings. The van der Waals surface area contributed by atoms with E-state index in [1.807, 2.05) is 0 Å². The number of carbonyl (C=O) groups excluding carboxylic acids is 4. The first-order valence-electron chi connectivity index (χ1n) is 10.4. The van der Waals surface area contributed by atoms with Crippen molar-refractivity contribution in [2.24, 2.45) is 0 Å². The first kappa shape index (κ1) is 27.1. The van der Waals surface area contributed by atoms with Crippen LogP contribution in [0.15, 0.2) is 18.2 Å². The number of amides is 2. The number of hydrogen-bond donors (Lipinski definition) is 3. The van der Waals surface area contributed by atoms with Gasteiger partial charge in [-0.15, -0.1) is 0 Å². The fourth-order valence-corrected chi connectivity index (χ4v) is 2.61. The molecule has 9 heteroatoms. The van der Waals surface area contributed by atoms with Gasteiger partial charge in [-0.1, -0.05) is 12.1 Å². The van der Waals surface area contributed by atoms with Crippen LogP contribution in [0.1, 0.15) is 77.2 Å². The molecule has 3 N–H and O–H groups in total. The molecule has 0 unspecified atom stereocenters. The van der Waals surface area contributed by atoms with Gasteiger partial charge in [-0.2, -0.15) is 0 Å². The molecule has 0 saturated carbocycles. The molecule has 0 fully saturated rings. The number of aliphatic hydroxyl groups is 1. The van der Waals surface area contributed by atoms with Crippen molar-refractivity contribution in [1.29, 1.82) is 0 Å². The van der Waals surface area contributed by atoms with Crippen LogP contribution in [0.5, 0.6) is 0 Å². The summed E-state index contributed by atoms with van der Waals surface area (Å²) in [6, 6.07) is 3.50. The van der Waals surface area contributed by atoms with Gasteiger partial charge in [0.1, 0.15) is 17.2 Å². The zero-order chi connectivity index (χ0) is 24.7. The highest BCUT2D eigenvalue weighted by Gasteiger charge is 2.29. The van der Waals surface area contributed by atoms with Gasteiger partial charge in [0.05, 0.1) is 6.61 Å². The van der Waals surface area contributed by atoms with Crippen molar-refractivity contribution >= 4 is 29.4 Å². The van der Waals surface area contributed by atoms with Gasteiger partial charge in [0.25, 0.3) is 0 Å². The van der Waals surface area contributed by atoms with E-state index in [1.165, 1.54) is 13.0 Å². The Hall–Kier alpha value is -2.94. The number of rotatable bonds is 8. The van der Waals surface area contributed by atoms with Crippen LogP contribution >= 0.6 is 0 Å². The monoisotopic (exact) mass is 450 g/mol. The molecule has 0 saturated heterocycles. The van der Waals surface area contributed by atoms with Crippen molar-refractivity contribution in [2.45, 2.75) is 85.2 Å². The van der Waals surface area contributed by atoms with Gasteiger partial charge in [0.15, 0.2) is 5.78 Å². The zero-order valence-electron chi connectivity index (χ0n) is 19.8. The topological polar surface area (TPSA) is 131 Å². The van der Waals surface area contributed by atoms with Crippen LogP contribution in [0.25, 0.3) is 0 Å². The van der Waals surface area contributed by atoms with Crippen LogP contribution in [0.4, 0.5) is 10.5 Å². The lowest BCUT2D eigenvalue weighted by Crippen LogP contribution is -2.46. The minimum absolute atomic E-state index is 0.0408. The van der Waals surface area contributed by atoms with E-state index in [0.29, 0.717) is 16.8 Å². The van der Waals surface area contributed by atoms with Crippen LogP contribution in [-0.2, 0) is 25.7 Å². The Morgan fingerprint density at radius 2 is 1.59 bits per heavy atom. The molecule has 9 nitrogen and oxygen atoms in total. The second-order valence-corrected chi connectivity index (χ2v) is 9.41. The average Bonchev–Trinajstić information content (AvgIpc) is 2.61. The van der Waals surface area contributed by atoms with E-state index in [1.54, 1.807) is 53.7 Å². The molecule has 0 aliphatic carbocycles. The third kappa shape index (κ3) is 9.91. The summed E-state index contributed by atoms with van der Waals surface area (Å²) in [5, 5.41) is 14.6. The molecule has 1 atom stereocenters. The summed E-state index contributed by atoms with van der Waals surface area (Å²) in [7, 11) is 0. The molecular weight excluding hydrogens is 416 g/mol. The van der Waals surface area contributed by atoms with Crippen molar-refractivity contribution in [3.63, 3.8) is 0 Å². The maximum Gasteiger partial charge on any atom is 0.408 e. The molecular formula is C23H34N2O7. The molecule has 32 heavy (non-hydrogen) atoms. The van der Waals surface area contributed by atoms with Gasteiger partial charge < -0.3 is 25.2 Å². The molecule has 0 aromatic heterocycles. The standard InChI is InChI=1S/C23H34N2O7/c1-14(27)15-8-9-16(13-26)18(12-15)24-19(28)11-10-17(20(29)31-22(2,3)4)25-21(30)32-23(5,6)7/h8-9,12,17,26H,10-11,13H2,1-7H3,(H,24,28)(H,25,30)/t17-/m0/s1. The number of hydrogen-bond acceptors (Lipinski definition) is 7. The predicted molar refractivity (Wildman–Crippen MR) is 119 cm³/mol. The van der Waals surface area contributed by atoms with Gasteiger partial charge in [0.2, 0.25) is 5.91 Å². The van der Waals surface area contributed by atoms with E-state index in [0.717, 1.165) is 0 Å². The van der Waals surface area contributed by atoms with Gasteiger partial charge >= 0.3 is 12.1 Å². The minimum Gasteiger partial charge on any atom is -0.458 e. The highest BCUT2D eigenvalue weighted by atomic mass is 16.6. The SMILES string of the molecule is CC(=O)c1ccc(CO)c(NC(=O)CC[C@H](NC(=O)OC(C)(C)C)C(=O)OC(C)(C)C)c1. The van der Waals surface area contributed by atoms with Crippen molar-refractivity contribution in [2.75, 3.05) is 5.32 Å². The first-order chi connectivity index (χ1) is 14.6. The number of Topliss-reactive ketones (excluding diaryl/α,β-unsaturated/α-hetero) is 1. The third-order valence-electron chi connectivity index (χ3n) is 4.00. The third-order valence-corrected chi connectivity index (χ3v) is 4.00. The van der Waals surface area contributed by atoms with Crippen LogP contribution in [0.2, 0.25) is 0 Å². The number of ketones is 1. The lowest BCUT2D eigenvalue weighted by molar-refractivity contribution is -0.157. The second kappa shape index (κ2) is 11.1. The molecule has 0 bridgehead atoms. The fourth-order valence-electron chi connectivity index (χ4n) is 2.61. The maximum absolute atomic E-state index is 12.6. The van der Waals surface area contributed by atoms with Crippen molar-refractivity contribution in [1.82, 2.24) is 5.32 Å². The highest BCUT2D eigenvalue weighted by molar-refractivity contribution is 5.97. The van der Waals surface area contributed by atoms with E-state index in [-0.39, 0.29) is 25.2 Å². The fraction of sp³-hybridized carbons (Fsp3) is 0.565. The van der Waals surface area contributed by atoms with E-state index in [2.05, 4.69) is 10.6 Å². The predicted octanol–water partition coefficient (Wildman–Crippen LogP) is 3.34. The van der Waals surface area contributed by atoms with Gasteiger partial charge in [-0.3, -0.25) is 9.59 Å². The normalized spacial score (nSPS) is 12.5. The van der Waals surface area contributed by atoms with Gasteiger partial charge in [-0.05, 0) is 61.0 Å². The molecule has 0 radical (unpaired) electrons. The molecule has 1 rings (SSSR count). The van der Waals surface area contributed by atoms with E-state index >= 15 is 0 Å². The van der Waals surface area contributed by atoms with Crippen molar-refractivity contribution < 1.29 is 33.8 Å². The van der Waals surface area contributed by atoms with Gasteiger partial charge in [0, 0.05) is 23.2 Å². The lowest BCUT2D eigenvalue weighted by Gasteiger charge is -2.26. The number of ether oxygens (including phenoxy) is 2. The number of anilines is 1. The molecule has 0 heterocycles. The van der Waals surface area contributed by atoms with Crippen molar-refractivity contribution in [3.05, 3.63) is 29.3 Å². The molecule has 1 aromatic carbocycles. The van der Waals surface area contributed by atoms with Crippen LogP contribution in [0.3, 0.4) is 0 Å². The summed E-state index contributed by atoms with van der Waals surface area (Å²) in [5.74, 6) is -1.33. The molecule has 1 aromatic rings. The first-order valence-corrected chi connectivity index (χ1v) is 10.4. The molecule has 0 spiro atoms. The zero-order valence-corrected chi connectivity index (χ0v) is 19.8. The van der Waals surface area contributed by atoms with Crippen molar-refractivity contribution in [3.8, 4) is 0 Å². The maximum atomic E-state index is 12.6. The summed E-state index contributed by atoms with van der Waals surface area (Å²) in [5.41, 5.74) is -0.410. The highest BCUT2D eigenvalue weighted by Crippen LogP contribution is 2.19. The smallest absolute Gasteiger partial charge is 0.408 e. The second-order valence-electron chi connectivity index (χ2n) is 9.41. The quantitative estimate of drug-likeness (QED) is 0.409. The average molecular weight is 451 g/mol. The summed E-state index contributed by atoms with van der Waals surface area (Å²) in [4.78, 5) is 48.8. The number of aliphatic hydroxyl groups excluding tert-OH is 1. The Morgan fingerprint density at radius 3 is 2.09 bits per heavy atom. The largest absolute Gasteiger partial charge is 0.458 e. The van der Waals surface area contributed by atoms with E-state index in [4.69, 9.17) is 9.47 Å². The number of carbonyl (C=O) groups is 4. The van der Waals surface area contributed by atoms with E-state index < -0.39 is 35.2 Å². The summed E-state index contributed by atoms with van der Waals surface area (Å²) in [6.45, 7) is 11.2. The minimum atomic E-state index is -1.10.